The molecule has 0 radical (unpaired) electrons. The number of carbonyl (C=O) groups is 1. The molecule has 1 heterocycles. The van der Waals surface area contributed by atoms with Crippen LogP contribution in [0.1, 0.15) is 20.3 Å². The van der Waals surface area contributed by atoms with E-state index in [0.29, 0.717) is 19.1 Å². The molecule has 0 N–H and O–H groups in total. The zero-order valence-corrected chi connectivity index (χ0v) is 9.17. The fourth-order valence-corrected chi connectivity index (χ4v) is 1.48. The summed E-state index contributed by atoms with van der Waals surface area (Å²) < 4.78 is 15.6. The van der Waals surface area contributed by atoms with Crippen molar-refractivity contribution in [2.45, 2.75) is 32.2 Å². The first-order valence-corrected chi connectivity index (χ1v) is 5.16. The molecule has 2 atom stereocenters. The Kier molecular flexibility index (Phi) is 4.16. The maximum Gasteiger partial charge on any atom is 0.311 e. The van der Waals surface area contributed by atoms with Gasteiger partial charge in [0.05, 0.1) is 31.6 Å². The predicted molar refractivity (Wildman–Crippen MR) is 51.2 cm³/mol. The van der Waals surface area contributed by atoms with Crippen molar-refractivity contribution in [2.24, 2.45) is 0 Å². The molecule has 14 heavy (non-hydrogen) atoms. The first kappa shape index (κ1) is 11.8. The molecule has 0 unspecified atom stereocenters. The minimum atomic E-state index is -0.869. The molecule has 1 saturated heterocycles. The van der Waals surface area contributed by atoms with Crippen molar-refractivity contribution >= 4 is 17.6 Å². The van der Waals surface area contributed by atoms with Gasteiger partial charge in [0.1, 0.15) is 0 Å². The first-order chi connectivity index (χ1) is 6.59. The quantitative estimate of drug-likeness (QED) is 0.532. The van der Waals surface area contributed by atoms with E-state index in [0.717, 1.165) is 0 Å². The highest BCUT2D eigenvalue weighted by Crippen LogP contribution is 2.27. The Morgan fingerprint density at radius 3 is 2.93 bits per heavy atom. The van der Waals surface area contributed by atoms with Crippen LogP contribution in [0.2, 0.25) is 0 Å². The van der Waals surface area contributed by atoms with Crippen LogP contribution in [0.3, 0.4) is 0 Å². The smallest absolute Gasteiger partial charge is 0.311 e. The van der Waals surface area contributed by atoms with Crippen molar-refractivity contribution in [3.8, 4) is 0 Å². The number of ether oxygens (including phenoxy) is 3. The van der Waals surface area contributed by atoms with Gasteiger partial charge < -0.3 is 14.2 Å². The molecular formula is C9H15ClO4. The van der Waals surface area contributed by atoms with Gasteiger partial charge in [-0.25, -0.2) is 0 Å². The highest BCUT2D eigenvalue weighted by molar-refractivity contribution is 6.18. The lowest BCUT2D eigenvalue weighted by atomic mass is 10.2. The normalized spacial score (nSPS) is 31.8. The van der Waals surface area contributed by atoms with Crippen LogP contribution in [0.15, 0.2) is 0 Å². The van der Waals surface area contributed by atoms with Gasteiger partial charge in [-0.15, -0.1) is 11.6 Å². The molecule has 0 amide bonds. The molecule has 0 aromatic heterocycles. The summed E-state index contributed by atoms with van der Waals surface area (Å²) in [6.45, 7) is 4.28. The number of carbonyl (C=O) groups excluding carboxylic acids is 1. The van der Waals surface area contributed by atoms with Crippen LogP contribution >= 0.6 is 11.6 Å². The summed E-state index contributed by atoms with van der Waals surface area (Å²) in [4.78, 5) is 11.2. The van der Waals surface area contributed by atoms with Gasteiger partial charge in [0.15, 0.2) is 5.79 Å². The molecule has 1 fully saturated rings. The van der Waals surface area contributed by atoms with Crippen molar-refractivity contribution in [1.29, 1.82) is 0 Å². The van der Waals surface area contributed by atoms with E-state index in [4.69, 9.17) is 25.8 Å². The van der Waals surface area contributed by atoms with Crippen molar-refractivity contribution in [2.75, 3.05) is 19.1 Å². The SMILES string of the molecule is CCOC(=O)C[C@]1(C)OC[C@@H](CCl)O1. The maximum absolute atomic E-state index is 11.2. The van der Waals surface area contributed by atoms with Crippen molar-refractivity contribution in [3.05, 3.63) is 0 Å². The minimum absolute atomic E-state index is 0.105. The van der Waals surface area contributed by atoms with E-state index in [1.165, 1.54) is 0 Å². The molecule has 1 aliphatic rings. The van der Waals surface area contributed by atoms with Crippen LogP contribution in [0.4, 0.5) is 0 Å². The van der Waals surface area contributed by atoms with E-state index < -0.39 is 5.79 Å². The number of alkyl halides is 1. The molecule has 0 aromatic rings. The topological polar surface area (TPSA) is 44.8 Å². The largest absolute Gasteiger partial charge is 0.466 e. The number of hydrogen-bond donors (Lipinski definition) is 0. The Bertz CT molecular complexity index is 209. The number of rotatable bonds is 4. The molecule has 4 nitrogen and oxygen atoms in total. The molecule has 0 aliphatic carbocycles. The van der Waals surface area contributed by atoms with Gasteiger partial charge >= 0.3 is 5.97 Å². The Labute approximate surface area is 88.5 Å². The zero-order chi connectivity index (χ0) is 10.6. The van der Waals surface area contributed by atoms with E-state index in [9.17, 15) is 4.79 Å². The third-order valence-corrected chi connectivity index (χ3v) is 2.28. The van der Waals surface area contributed by atoms with Crippen LogP contribution in [0.5, 0.6) is 0 Å². The minimum Gasteiger partial charge on any atom is -0.466 e. The summed E-state index contributed by atoms with van der Waals surface area (Å²) in [5.41, 5.74) is 0. The monoisotopic (exact) mass is 222 g/mol. The Morgan fingerprint density at radius 2 is 2.43 bits per heavy atom. The molecule has 5 heteroatoms. The fourth-order valence-electron chi connectivity index (χ4n) is 1.33. The second-order valence-electron chi connectivity index (χ2n) is 3.32. The number of hydrogen-bond acceptors (Lipinski definition) is 4. The summed E-state index contributed by atoms with van der Waals surface area (Å²) in [5, 5.41) is 0. The van der Waals surface area contributed by atoms with Gasteiger partial charge in [0.2, 0.25) is 0 Å². The summed E-state index contributed by atoms with van der Waals surface area (Å²) in [6, 6.07) is 0. The predicted octanol–water partition coefficient (Wildman–Crippen LogP) is 1.31. The second-order valence-corrected chi connectivity index (χ2v) is 3.63. The van der Waals surface area contributed by atoms with Gasteiger partial charge in [-0.2, -0.15) is 0 Å². The summed E-state index contributed by atoms with van der Waals surface area (Å²) in [6.07, 6.45) is -0.0232. The van der Waals surface area contributed by atoms with Gasteiger partial charge in [-0.05, 0) is 13.8 Å². The average molecular weight is 223 g/mol. The van der Waals surface area contributed by atoms with Crippen LogP contribution in [-0.2, 0) is 19.0 Å². The molecular weight excluding hydrogens is 208 g/mol. The molecule has 1 aliphatic heterocycles. The Morgan fingerprint density at radius 1 is 1.71 bits per heavy atom. The van der Waals surface area contributed by atoms with Crippen LogP contribution in [0.25, 0.3) is 0 Å². The van der Waals surface area contributed by atoms with Crippen molar-refractivity contribution in [3.63, 3.8) is 0 Å². The van der Waals surface area contributed by atoms with Crippen LogP contribution in [-0.4, -0.2) is 37.0 Å². The van der Waals surface area contributed by atoms with Crippen LogP contribution in [0, 0.1) is 0 Å². The van der Waals surface area contributed by atoms with Crippen molar-refractivity contribution < 1.29 is 19.0 Å². The van der Waals surface area contributed by atoms with Gasteiger partial charge in [-0.1, -0.05) is 0 Å². The molecule has 0 saturated carbocycles. The third kappa shape index (κ3) is 3.12. The highest BCUT2D eigenvalue weighted by atomic mass is 35.5. The van der Waals surface area contributed by atoms with Crippen LogP contribution < -0.4 is 0 Å². The molecule has 0 bridgehead atoms. The van der Waals surface area contributed by atoms with Crippen molar-refractivity contribution in [1.82, 2.24) is 0 Å². The molecule has 1 rings (SSSR count). The molecule has 0 spiro atoms. The lowest BCUT2D eigenvalue weighted by molar-refractivity contribution is -0.178. The first-order valence-electron chi connectivity index (χ1n) is 4.63. The summed E-state index contributed by atoms with van der Waals surface area (Å²) in [5.74, 6) is -0.810. The zero-order valence-electron chi connectivity index (χ0n) is 8.42. The number of halogens is 1. The highest BCUT2D eigenvalue weighted by Gasteiger charge is 2.39. The lowest BCUT2D eigenvalue weighted by Gasteiger charge is -2.21. The Hall–Kier alpha value is -0.320. The van der Waals surface area contributed by atoms with E-state index in [1.807, 2.05) is 0 Å². The third-order valence-electron chi connectivity index (χ3n) is 1.93. The van der Waals surface area contributed by atoms with E-state index in [2.05, 4.69) is 0 Å². The van der Waals surface area contributed by atoms with E-state index in [1.54, 1.807) is 13.8 Å². The number of esters is 1. The van der Waals surface area contributed by atoms with E-state index in [-0.39, 0.29) is 18.5 Å². The fraction of sp³-hybridized carbons (Fsp3) is 0.889. The Balaban J connectivity index is 2.40. The molecule has 0 aromatic carbocycles. The van der Waals surface area contributed by atoms with Gasteiger partial charge in [0, 0.05) is 0 Å². The average Bonchev–Trinajstić information content (AvgIpc) is 2.47. The lowest BCUT2D eigenvalue weighted by Crippen LogP contribution is -2.31. The van der Waals surface area contributed by atoms with Gasteiger partial charge in [0.25, 0.3) is 0 Å². The standard InChI is InChI=1S/C9H15ClO4/c1-3-12-8(11)4-9(2)13-6-7(5-10)14-9/h7H,3-6H2,1-2H3/t7-,9-/m1/s1. The van der Waals surface area contributed by atoms with E-state index >= 15 is 0 Å². The summed E-state index contributed by atoms with van der Waals surface area (Å²) in [7, 11) is 0. The van der Waals surface area contributed by atoms with Gasteiger partial charge in [-0.3, -0.25) is 4.79 Å². The summed E-state index contributed by atoms with van der Waals surface area (Å²) >= 11 is 5.61. The molecule has 82 valence electrons. The second kappa shape index (κ2) is 4.96. The maximum atomic E-state index is 11.2.